The first-order chi connectivity index (χ1) is 11.0. The van der Waals surface area contributed by atoms with Crippen molar-refractivity contribution in [3.05, 3.63) is 63.8 Å². The Hall–Kier alpha value is -2.67. The molecule has 1 aromatic heterocycles. The number of benzene rings is 1. The lowest BCUT2D eigenvalue weighted by Crippen LogP contribution is -2.37. The Morgan fingerprint density at radius 3 is 2.87 bits per heavy atom. The number of aromatic amines is 1. The maximum atomic E-state index is 13.0. The van der Waals surface area contributed by atoms with E-state index in [1.54, 1.807) is 19.1 Å². The Kier molecular flexibility index (Phi) is 5.48. The van der Waals surface area contributed by atoms with Crippen LogP contribution in [0.5, 0.6) is 5.75 Å². The van der Waals surface area contributed by atoms with Crippen LogP contribution in [-0.4, -0.2) is 35.3 Å². The fourth-order valence-electron chi connectivity index (χ4n) is 1.86. The first-order valence-electron chi connectivity index (χ1n) is 7.00. The molecule has 0 aliphatic carbocycles. The summed E-state index contributed by atoms with van der Waals surface area (Å²) in [5.74, 6) is -0.745. The molecule has 1 heterocycles. The number of aryl methyl sites for hydroxylation is 1. The van der Waals surface area contributed by atoms with Crippen molar-refractivity contribution in [3.8, 4) is 5.75 Å². The topological polar surface area (TPSA) is 91.4 Å². The second-order valence-corrected chi connectivity index (χ2v) is 5.02. The van der Waals surface area contributed by atoms with Gasteiger partial charge in [0, 0.05) is 18.3 Å². The number of halogens is 1. The van der Waals surface area contributed by atoms with E-state index < -0.39 is 23.4 Å². The molecule has 1 atom stereocenters. The van der Waals surface area contributed by atoms with E-state index in [0.717, 1.165) is 0 Å². The van der Waals surface area contributed by atoms with Crippen molar-refractivity contribution in [1.82, 2.24) is 10.3 Å². The van der Waals surface area contributed by atoms with Crippen LogP contribution in [0.1, 0.15) is 16.1 Å². The van der Waals surface area contributed by atoms with E-state index in [4.69, 9.17) is 4.74 Å². The summed E-state index contributed by atoms with van der Waals surface area (Å²) in [7, 11) is 0. The van der Waals surface area contributed by atoms with Gasteiger partial charge in [-0.05, 0) is 31.2 Å². The van der Waals surface area contributed by atoms with Gasteiger partial charge in [0.1, 0.15) is 29.8 Å². The van der Waals surface area contributed by atoms with Gasteiger partial charge < -0.3 is 20.1 Å². The number of pyridine rings is 1. The maximum absolute atomic E-state index is 13.0. The average molecular weight is 320 g/mol. The minimum atomic E-state index is -0.994. The third-order valence-corrected chi connectivity index (χ3v) is 3.04. The summed E-state index contributed by atoms with van der Waals surface area (Å²) >= 11 is 0. The van der Waals surface area contributed by atoms with Gasteiger partial charge in [-0.3, -0.25) is 9.59 Å². The first-order valence-corrected chi connectivity index (χ1v) is 7.00. The predicted octanol–water partition coefficient (Wildman–Crippen LogP) is 0.992. The molecule has 1 unspecified atom stereocenters. The van der Waals surface area contributed by atoms with Crippen LogP contribution in [0.15, 0.2) is 41.2 Å². The molecule has 3 N–H and O–H groups in total. The Balaban J connectivity index is 1.83. The smallest absolute Gasteiger partial charge is 0.260 e. The fourth-order valence-corrected chi connectivity index (χ4v) is 1.86. The SMILES string of the molecule is Cc1ccc(C(=O)NCC(O)COc2cccc(F)c2)c(=O)[nH]1. The summed E-state index contributed by atoms with van der Waals surface area (Å²) in [6.45, 7) is 1.49. The number of hydrogen-bond acceptors (Lipinski definition) is 4. The highest BCUT2D eigenvalue weighted by Gasteiger charge is 2.13. The molecule has 0 saturated carbocycles. The van der Waals surface area contributed by atoms with Gasteiger partial charge in [-0.2, -0.15) is 0 Å². The lowest BCUT2D eigenvalue weighted by atomic mass is 10.2. The number of rotatable bonds is 6. The number of hydrogen-bond donors (Lipinski definition) is 3. The molecule has 23 heavy (non-hydrogen) atoms. The second-order valence-electron chi connectivity index (χ2n) is 5.02. The van der Waals surface area contributed by atoms with Gasteiger partial charge in [0.2, 0.25) is 0 Å². The third-order valence-electron chi connectivity index (χ3n) is 3.04. The molecule has 0 bridgehead atoms. The Labute approximate surface area is 131 Å². The van der Waals surface area contributed by atoms with Crippen LogP contribution in [-0.2, 0) is 0 Å². The molecule has 0 fully saturated rings. The molecule has 0 aliphatic rings. The lowest BCUT2D eigenvalue weighted by molar-refractivity contribution is 0.0842. The molecule has 2 rings (SSSR count). The van der Waals surface area contributed by atoms with Crippen molar-refractivity contribution in [2.24, 2.45) is 0 Å². The molecule has 1 aromatic carbocycles. The van der Waals surface area contributed by atoms with Crippen molar-refractivity contribution >= 4 is 5.91 Å². The zero-order valence-electron chi connectivity index (χ0n) is 12.5. The predicted molar refractivity (Wildman–Crippen MR) is 82.0 cm³/mol. The average Bonchev–Trinajstić information content (AvgIpc) is 2.50. The molecule has 7 heteroatoms. The largest absolute Gasteiger partial charge is 0.491 e. The van der Waals surface area contributed by atoms with Crippen LogP contribution in [0, 0.1) is 12.7 Å². The highest BCUT2D eigenvalue weighted by molar-refractivity contribution is 5.93. The zero-order chi connectivity index (χ0) is 16.8. The quantitative estimate of drug-likeness (QED) is 0.740. The van der Waals surface area contributed by atoms with Crippen molar-refractivity contribution in [2.45, 2.75) is 13.0 Å². The summed E-state index contributed by atoms with van der Waals surface area (Å²) in [4.78, 5) is 26.0. The third kappa shape index (κ3) is 4.93. The standard InChI is InChI=1S/C16H17FN2O4/c1-10-5-6-14(16(22)19-10)15(21)18-8-12(20)9-23-13-4-2-3-11(17)7-13/h2-7,12,20H,8-9H2,1H3,(H,18,21)(H,19,22). The highest BCUT2D eigenvalue weighted by Crippen LogP contribution is 2.11. The molecule has 122 valence electrons. The molecule has 6 nitrogen and oxygen atoms in total. The van der Waals surface area contributed by atoms with E-state index in [1.807, 2.05) is 0 Å². The van der Waals surface area contributed by atoms with Crippen LogP contribution in [0.25, 0.3) is 0 Å². The Bertz CT molecular complexity index is 745. The van der Waals surface area contributed by atoms with Crippen LogP contribution < -0.4 is 15.6 Å². The fraction of sp³-hybridized carbons (Fsp3) is 0.250. The molecular weight excluding hydrogens is 303 g/mol. The number of H-pyrrole nitrogens is 1. The molecule has 0 saturated heterocycles. The molecular formula is C16H17FN2O4. The van der Waals surface area contributed by atoms with Gasteiger partial charge in [0.25, 0.3) is 11.5 Å². The second kappa shape index (κ2) is 7.55. The number of amides is 1. The normalized spacial score (nSPS) is 11.8. The monoisotopic (exact) mass is 320 g/mol. The van der Waals surface area contributed by atoms with Gasteiger partial charge >= 0.3 is 0 Å². The van der Waals surface area contributed by atoms with E-state index in [-0.39, 0.29) is 24.5 Å². The molecule has 0 spiro atoms. The van der Waals surface area contributed by atoms with Crippen molar-refractivity contribution < 1.29 is 19.0 Å². The van der Waals surface area contributed by atoms with Gasteiger partial charge in [0.15, 0.2) is 0 Å². The molecule has 2 aromatic rings. The summed E-state index contributed by atoms with van der Waals surface area (Å²) in [6, 6.07) is 8.54. The molecule has 0 aliphatic heterocycles. The number of carbonyl (C=O) groups is 1. The van der Waals surface area contributed by atoms with Crippen LogP contribution in [0.3, 0.4) is 0 Å². The lowest BCUT2D eigenvalue weighted by Gasteiger charge is -2.13. The minimum absolute atomic E-state index is 0.0335. The summed E-state index contributed by atoms with van der Waals surface area (Å²) < 4.78 is 18.2. The summed E-state index contributed by atoms with van der Waals surface area (Å²) in [5, 5.41) is 12.2. The first kappa shape index (κ1) is 16.7. The molecule has 0 radical (unpaired) electrons. The Morgan fingerprint density at radius 2 is 2.17 bits per heavy atom. The number of nitrogens with one attached hydrogen (secondary N) is 2. The highest BCUT2D eigenvalue weighted by atomic mass is 19.1. The van der Waals surface area contributed by atoms with E-state index in [0.29, 0.717) is 5.69 Å². The van der Waals surface area contributed by atoms with E-state index in [1.165, 1.54) is 24.3 Å². The van der Waals surface area contributed by atoms with Crippen molar-refractivity contribution in [2.75, 3.05) is 13.2 Å². The van der Waals surface area contributed by atoms with E-state index in [9.17, 15) is 19.1 Å². The number of carbonyl (C=O) groups excluding carboxylic acids is 1. The zero-order valence-corrected chi connectivity index (χ0v) is 12.5. The number of aliphatic hydroxyl groups excluding tert-OH is 1. The van der Waals surface area contributed by atoms with Crippen LogP contribution >= 0.6 is 0 Å². The number of ether oxygens (including phenoxy) is 1. The summed E-state index contributed by atoms with van der Waals surface area (Å²) in [6.07, 6.45) is -0.994. The van der Waals surface area contributed by atoms with E-state index >= 15 is 0 Å². The maximum Gasteiger partial charge on any atom is 0.260 e. The van der Waals surface area contributed by atoms with Crippen molar-refractivity contribution in [3.63, 3.8) is 0 Å². The van der Waals surface area contributed by atoms with Gasteiger partial charge in [-0.1, -0.05) is 6.07 Å². The van der Waals surface area contributed by atoms with Crippen LogP contribution in [0.4, 0.5) is 4.39 Å². The number of aliphatic hydroxyl groups is 1. The Morgan fingerprint density at radius 1 is 1.39 bits per heavy atom. The molecule has 1 amide bonds. The minimum Gasteiger partial charge on any atom is -0.491 e. The van der Waals surface area contributed by atoms with Crippen molar-refractivity contribution in [1.29, 1.82) is 0 Å². The number of aromatic nitrogens is 1. The van der Waals surface area contributed by atoms with E-state index in [2.05, 4.69) is 10.3 Å². The van der Waals surface area contributed by atoms with Gasteiger partial charge in [0.05, 0.1) is 0 Å². The van der Waals surface area contributed by atoms with Gasteiger partial charge in [-0.15, -0.1) is 0 Å². The van der Waals surface area contributed by atoms with Gasteiger partial charge in [-0.25, -0.2) is 4.39 Å². The summed E-state index contributed by atoms with van der Waals surface area (Å²) in [5.41, 5.74) is 0.122. The van der Waals surface area contributed by atoms with Crippen LogP contribution in [0.2, 0.25) is 0 Å².